The maximum atomic E-state index is 5.36. The Kier molecular flexibility index (Phi) is 4.46. The van der Waals surface area contributed by atoms with Gasteiger partial charge in [-0.15, -0.1) is 0 Å². The van der Waals surface area contributed by atoms with Crippen molar-refractivity contribution in [1.29, 1.82) is 0 Å². The van der Waals surface area contributed by atoms with E-state index in [1.807, 2.05) is 6.07 Å². The summed E-state index contributed by atoms with van der Waals surface area (Å²) in [4.78, 5) is 0. The summed E-state index contributed by atoms with van der Waals surface area (Å²) in [6, 6.07) is 4.78. The van der Waals surface area contributed by atoms with Crippen LogP contribution in [-0.2, 0) is 6.42 Å². The Hall–Kier alpha value is -0.540. The van der Waals surface area contributed by atoms with Crippen molar-refractivity contribution in [2.45, 2.75) is 38.6 Å². The fraction of sp³-hybridized carbons (Fsp3) is 0.571. The van der Waals surface area contributed by atoms with Crippen LogP contribution in [0.5, 0.6) is 5.75 Å². The molecule has 0 saturated carbocycles. The number of halogens is 1. The molecule has 0 spiro atoms. The van der Waals surface area contributed by atoms with Crippen molar-refractivity contribution >= 4 is 15.9 Å². The second kappa shape index (κ2) is 5.87. The molecule has 0 aliphatic carbocycles. The molecule has 2 rings (SSSR count). The van der Waals surface area contributed by atoms with Crippen LogP contribution in [0.25, 0.3) is 0 Å². The Morgan fingerprint density at radius 1 is 1.41 bits per heavy atom. The van der Waals surface area contributed by atoms with Gasteiger partial charge in [0.25, 0.3) is 0 Å². The molecule has 1 saturated heterocycles. The zero-order valence-corrected chi connectivity index (χ0v) is 12.1. The number of nitrogens with one attached hydrogen (secondary N) is 1. The molecule has 94 valence electrons. The van der Waals surface area contributed by atoms with Gasteiger partial charge in [0.1, 0.15) is 5.75 Å². The second-order valence-corrected chi connectivity index (χ2v) is 5.52. The van der Waals surface area contributed by atoms with Crippen molar-refractivity contribution < 1.29 is 4.74 Å². The van der Waals surface area contributed by atoms with Gasteiger partial charge in [-0.3, -0.25) is 0 Å². The van der Waals surface area contributed by atoms with E-state index in [0.29, 0.717) is 6.04 Å². The van der Waals surface area contributed by atoms with Crippen LogP contribution in [0.2, 0.25) is 0 Å². The van der Waals surface area contributed by atoms with Crippen LogP contribution < -0.4 is 10.1 Å². The average molecular weight is 298 g/mol. The van der Waals surface area contributed by atoms with Crippen LogP contribution >= 0.6 is 15.9 Å². The molecular weight excluding hydrogens is 278 g/mol. The first-order chi connectivity index (χ1) is 8.22. The lowest BCUT2D eigenvalue weighted by molar-refractivity contribution is 0.394. The van der Waals surface area contributed by atoms with Gasteiger partial charge in [-0.1, -0.05) is 12.5 Å². The van der Waals surface area contributed by atoms with E-state index >= 15 is 0 Å². The van der Waals surface area contributed by atoms with E-state index in [-0.39, 0.29) is 0 Å². The number of hydrogen-bond acceptors (Lipinski definition) is 2. The van der Waals surface area contributed by atoms with E-state index in [2.05, 4.69) is 34.2 Å². The van der Waals surface area contributed by atoms with Gasteiger partial charge in [0, 0.05) is 6.04 Å². The predicted molar refractivity (Wildman–Crippen MR) is 74.8 cm³/mol. The maximum absolute atomic E-state index is 5.36. The molecule has 0 bridgehead atoms. The Labute approximate surface area is 112 Å². The van der Waals surface area contributed by atoms with Crippen molar-refractivity contribution in [2.75, 3.05) is 13.7 Å². The van der Waals surface area contributed by atoms with Gasteiger partial charge in [0.2, 0.25) is 0 Å². The summed E-state index contributed by atoms with van der Waals surface area (Å²) in [6.07, 6.45) is 5.03. The van der Waals surface area contributed by atoms with Crippen LogP contribution in [0.1, 0.15) is 30.4 Å². The van der Waals surface area contributed by atoms with Crippen LogP contribution in [-0.4, -0.2) is 19.7 Å². The van der Waals surface area contributed by atoms with E-state index < -0.39 is 0 Å². The molecule has 1 aliphatic rings. The van der Waals surface area contributed by atoms with Crippen molar-refractivity contribution in [3.63, 3.8) is 0 Å². The fourth-order valence-corrected chi connectivity index (χ4v) is 3.22. The molecule has 0 amide bonds. The minimum absolute atomic E-state index is 0.617. The fourth-order valence-electron chi connectivity index (χ4n) is 2.45. The van der Waals surface area contributed by atoms with Gasteiger partial charge in [-0.2, -0.15) is 0 Å². The third-order valence-corrected chi connectivity index (χ3v) is 4.39. The Morgan fingerprint density at radius 3 is 2.88 bits per heavy atom. The van der Waals surface area contributed by atoms with E-state index in [1.54, 1.807) is 7.11 Å². The van der Waals surface area contributed by atoms with Crippen molar-refractivity contribution in [1.82, 2.24) is 5.32 Å². The molecule has 1 fully saturated rings. The second-order valence-electron chi connectivity index (χ2n) is 4.73. The van der Waals surface area contributed by atoms with E-state index in [0.717, 1.165) is 23.2 Å². The highest BCUT2D eigenvalue weighted by Crippen LogP contribution is 2.32. The molecule has 1 aliphatic heterocycles. The normalized spacial score (nSPS) is 20.3. The third kappa shape index (κ3) is 3.02. The summed E-state index contributed by atoms with van der Waals surface area (Å²) in [5.74, 6) is 0.932. The highest BCUT2D eigenvalue weighted by molar-refractivity contribution is 9.10. The molecular formula is C14H20BrNO. The van der Waals surface area contributed by atoms with E-state index in [4.69, 9.17) is 4.74 Å². The molecule has 1 unspecified atom stereocenters. The number of methoxy groups -OCH3 is 1. The molecule has 2 nitrogen and oxygen atoms in total. The standard InChI is InChI=1S/C14H20BrNO/c1-10-6-7-13(17-2)14(15)12(10)9-11-5-3-4-8-16-11/h6-7,11,16H,3-5,8-9H2,1-2H3. The molecule has 1 atom stereocenters. The molecule has 0 radical (unpaired) electrons. The SMILES string of the molecule is COc1ccc(C)c(CC2CCCCN2)c1Br. The highest BCUT2D eigenvalue weighted by atomic mass is 79.9. The molecule has 1 aromatic rings. The molecule has 17 heavy (non-hydrogen) atoms. The van der Waals surface area contributed by atoms with Crippen LogP contribution in [0.3, 0.4) is 0 Å². The summed E-state index contributed by atoms with van der Waals surface area (Å²) in [7, 11) is 1.72. The van der Waals surface area contributed by atoms with Gasteiger partial charge in [0.05, 0.1) is 11.6 Å². The van der Waals surface area contributed by atoms with Crippen molar-refractivity contribution in [3.8, 4) is 5.75 Å². The highest BCUT2D eigenvalue weighted by Gasteiger charge is 2.17. The van der Waals surface area contributed by atoms with Crippen molar-refractivity contribution in [2.24, 2.45) is 0 Å². The smallest absolute Gasteiger partial charge is 0.133 e. The number of ether oxygens (including phenoxy) is 1. The summed E-state index contributed by atoms with van der Waals surface area (Å²) in [5, 5.41) is 3.60. The molecule has 3 heteroatoms. The number of aryl methyl sites for hydroxylation is 1. The van der Waals surface area contributed by atoms with Gasteiger partial charge in [-0.25, -0.2) is 0 Å². The summed E-state index contributed by atoms with van der Waals surface area (Å²) in [5.41, 5.74) is 2.72. The van der Waals surface area contributed by atoms with Crippen LogP contribution in [0.15, 0.2) is 16.6 Å². The largest absolute Gasteiger partial charge is 0.496 e. The maximum Gasteiger partial charge on any atom is 0.133 e. The molecule has 1 heterocycles. The lowest BCUT2D eigenvalue weighted by Crippen LogP contribution is -2.35. The first-order valence-corrected chi connectivity index (χ1v) is 7.07. The average Bonchev–Trinajstić information content (AvgIpc) is 2.36. The molecule has 1 aromatic carbocycles. The number of benzene rings is 1. The first-order valence-electron chi connectivity index (χ1n) is 6.27. The minimum atomic E-state index is 0.617. The predicted octanol–water partition coefficient (Wildman–Crippen LogP) is 3.45. The minimum Gasteiger partial charge on any atom is -0.496 e. The lowest BCUT2D eigenvalue weighted by atomic mass is 9.95. The molecule has 0 aromatic heterocycles. The zero-order chi connectivity index (χ0) is 12.3. The van der Waals surface area contributed by atoms with E-state index in [1.165, 1.54) is 30.4 Å². The molecule has 1 N–H and O–H groups in total. The Balaban J connectivity index is 2.18. The number of piperidine rings is 1. The van der Waals surface area contributed by atoms with Crippen LogP contribution in [0, 0.1) is 6.92 Å². The van der Waals surface area contributed by atoms with Gasteiger partial charge < -0.3 is 10.1 Å². The first kappa shape index (κ1) is 12.9. The zero-order valence-electron chi connectivity index (χ0n) is 10.6. The number of rotatable bonds is 3. The van der Waals surface area contributed by atoms with E-state index in [9.17, 15) is 0 Å². The lowest BCUT2D eigenvalue weighted by Gasteiger charge is -2.25. The summed E-state index contributed by atoms with van der Waals surface area (Å²) < 4.78 is 6.48. The Morgan fingerprint density at radius 2 is 2.24 bits per heavy atom. The topological polar surface area (TPSA) is 21.3 Å². The third-order valence-electron chi connectivity index (χ3n) is 3.52. The van der Waals surface area contributed by atoms with Gasteiger partial charge in [0.15, 0.2) is 0 Å². The van der Waals surface area contributed by atoms with Gasteiger partial charge >= 0.3 is 0 Å². The number of hydrogen-bond donors (Lipinski definition) is 1. The summed E-state index contributed by atoms with van der Waals surface area (Å²) >= 11 is 3.67. The Bertz CT molecular complexity index is 386. The monoisotopic (exact) mass is 297 g/mol. The van der Waals surface area contributed by atoms with Crippen molar-refractivity contribution in [3.05, 3.63) is 27.7 Å². The quantitative estimate of drug-likeness (QED) is 0.923. The van der Waals surface area contributed by atoms with Crippen LogP contribution in [0.4, 0.5) is 0 Å². The summed E-state index contributed by atoms with van der Waals surface area (Å²) in [6.45, 7) is 3.33. The van der Waals surface area contributed by atoms with Gasteiger partial charge in [-0.05, 0) is 65.9 Å².